The lowest BCUT2D eigenvalue weighted by Gasteiger charge is -2.23. The number of halogens is 1. The first-order valence-electron chi connectivity index (χ1n) is 9.20. The summed E-state index contributed by atoms with van der Waals surface area (Å²) >= 11 is 6.49. The van der Waals surface area contributed by atoms with Gasteiger partial charge in [-0.2, -0.15) is 0 Å². The number of phenolic OH excluding ortho intramolecular Hbond substituents is 1. The zero-order valence-corrected chi connectivity index (χ0v) is 16.8. The summed E-state index contributed by atoms with van der Waals surface area (Å²) in [5.41, 5.74) is 1.82. The van der Waals surface area contributed by atoms with E-state index in [0.717, 1.165) is 0 Å². The van der Waals surface area contributed by atoms with Crippen LogP contribution >= 0.6 is 11.6 Å². The summed E-state index contributed by atoms with van der Waals surface area (Å²) in [7, 11) is 1.55. The molecule has 0 aliphatic heterocycles. The number of aromatic hydroxyl groups is 1. The van der Waals surface area contributed by atoms with Crippen LogP contribution in [0.15, 0.2) is 73.2 Å². The molecule has 0 fully saturated rings. The van der Waals surface area contributed by atoms with Crippen LogP contribution in [0, 0.1) is 0 Å². The first-order chi connectivity index (χ1) is 14.6. The molecule has 0 aliphatic rings. The SMILES string of the molecule is COc1ccccc1[C@@H](NC(=O)c1cccnc1)c1cc(Cl)c2cccnc2c1O. The van der Waals surface area contributed by atoms with Crippen molar-refractivity contribution in [1.82, 2.24) is 15.3 Å². The number of hydrogen-bond donors (Lipinski definition) is 2. The molecule has 1 amide bonds. The molecular formula is C23H18ClN3O3. The summed E-state index contributed by atoms with van der Waals surface area (Å²) in [6, 6.07) is 15.0. The zero-order valence-electron chi connectivity index (χ0n) is 16.0. The fourth-order valence-corrected chi connectivity index (χ4v) is 3.64. The van der Waals surface area contributed by atoms with Gasteiger partial charge in [0.1, 0.15) is 17.0 Å². The predicted octanol–water partition coefficient (Wildman–Crippen LogP) is 4.52. The minimum absolute atomic E-state index is 0.0580. The van der Waals surface area contributed by atoms with Gasteiger partial charge in [0.05, 0.1) is 23.7 Å². The molecule has 4 rings (SSSR count). The number of para-hydroxylation sites is 1. The number of carbonyl (C=O) groups is 1. The van der Waals surface area contributed by atoms with Crippen molar-refractivity contribution >= 4 is 28.4 Å². The molecule has 2 aromatic heterocycles. The number of rotatable bonds is 5. The third kappa shape index (κ3) is 3.65. The second kappa shape index (κ2) is 8.39. The minimum atomic E-state index is -0.738. The summed E-state index contributed by atoms with van der Waals surface area (Å²) in [6.07, 6.45) is 4.65. The normalized spacial score (nSPS) is 11.8. The van der Waals surface area contributed by atoms with Gasteiger partial charge in [0, 0.05) is 35.1 Å². The van der Waals surface area contributed by atoms with Crippen LogP contribution in [0.1, 0.15) is 27.5 Å². The maximum absolute atomic E-state index is 12.9. The lowest BCUT2D eigenvalue weighted by molar-refractivity contribution is 0.0942. The predicted molar refractivity (Wildman–Crippen MR) is 115 cm³/mol. The van der Waals surface area contributed by atoms with Gasteiger partial charge >= 0.3 is 0 Å². The Bertz CT molecular complexity index is 1210. The van der Waals surface area contributed by atoms with Crippen LogP contribution in [-0.4, -0.2) is 28.1 Å². The van der Waals surface area contributed by atoms with Gasteiger partial charge in [-0.05, 0) is 36.4 Å². The summed E-state index contributed by atoms with van der Waals surface area (Å²) in [4.78, 5) is 21.2. The van der Waals surface area contributed by atoms with Gasteiger partial charge in [-0.1, -0.05) is 29.8 Å². The number of fused-ring (bicyclic) bond motifs is 1. The van der Waals surface area contributed by atoms with Gasteiger partial charge in [0.2, 0.25) is 0 Å². The largest absolute Gasteiger partial charge is 0.505 e. The van der Waals surface area contributed by atoms with E-state index >= 15 is 0 Å². The van der Waals surface area contributed by atoms with Gasteiger partial charge in [-0.25, -0.2) is 0 Å². The number of nitrogens with zero attached hydrogens (tertiary/aromatic N) is 2. The van der Waals surface area contributed by atoms with Crippen LogP contribution in [0.3, 0.4) is 0 Å². The lowest BCUT2D eigenvalue weighted by atomic mass is 9.95. The Kier molecular flexibility index (Phi) is 5.50. The number of phenols is 1. The molecule has 7 heteroatoms. The zero-order chi connectivity index (χ0) is 21.1. The van der Waals surface area contributed by atoms with Crippen molar-refractivity contribution in [3.05, 3.63) is 94.9 Å². The Morgan fingerprint density at radius 1 is 1.10 bits per heavy atom. The van der Waals surface area contributed by atoms with E-state index < -0.39 is 6.04 Å². The fourth-order valence-electron chi connectivity index (χ4n) is 3.37. The van der Waals surface area contributed by atoms with Gasteiger partial charge < -0.3 is 15.2 Å². The number of ether oxygens (including phenoxy) is 1. The van der Waals surface area contributed by atoms with Crippen LogP contribution in [-0.2, 0) is 0 Å². The molecule has 2 aromatic carbocycles. The van der Waals surface area contributed by atoms with Crippen molar-refractivity contribution in [3.8, 4) is 11.5 Å². The van der Waals surface area contributed by atoms with Crippen molar-refractivity contribution < 1.29 is 14.6 Å². The smallest absolute Gasteiger partial charge is 0.253 e. The first-order valence-corrected chi connectivity index (χ1v) is 9.58. The molecule has 0 bridgehead atoms. The highest BCUT2D eigenvalue weighted by Gasteiger charge is 2.26. The van der Waals surface area contributed by atoms with Gasteiger partial charge in [0.15, 0.2) is 0 Å². The van der Waals surface area contributed by atoms with E-state index in [4.69, 9.17) is 16.3 Å². The van der Waals surface area contributed by atoms with Crippen LogP contribution in [0.5, 0.6) is 11.5 Å². The number of benzene rings is 2. The average molecular weight is 420 g/mol. The second-order valence-electron chi connectivity index (χ2n) is 6.59. The van der Waals surface area contributed by atoms with E-state index in [1.807, 2.05) is 18.2 Å². The Morgan fingerprint density at radius 3 is 2.67 bits per heavy atom. The molecule has 0 aliphatic carbocycles. The van der Waals surface area contributed by atoms with Crippen molar-refractivity contribution in [2.45, 2.75) is 6.04 Å². The number of hydrogen-bond acceptors (Lipinski definition) is 5. The molecule has 4 aromatic rings. The number of pyridine rings is 2. The highest BCUT2D eigenvalue weighted by atomic mass is 35.5. The van der Waals surface area contributed by atoms with Crippen LogP contribution in [0.2, 0.25) is 5.02 Å². The maximum Gasteiger partial charge on any atom is 0.253 e. The highest BCUT2D eigenvalue weighted by Crippen LogP contribution is 2.40. The van der Waals surface area contributed by atoms with E-state index in [1.54, 1.807) is 55.9 Å². The average Bonchev–Trinajstić information content (AvgIpc) is 2.80. The molecule has 2 N–H and O–H groups in total. The monoisotopic (exact) mass is 419 g/mol. The second-order valence-corrected chi connectivity index (χ2v) is 6.99. The third-order valence-corrected chi connectivity index (χ3v) is 5.12. The van der Waals surface area contributed by atoms with Crippen molar-refractivity contribution in [1.29, 1.82) is 0 Å². The summed E-state index contributed by atoms with van der Waals surface area (Å²) < 4.78 is 5.50. The Hall–Kier alpha value is -3.64. The van der Waals surface area contributed by atoms with Crippen molar-refractivity contribution in [2.24, 2.45) is 0 Å². The van der Waals surface area contributed by atoms with Crippen molar-refractivity contribution in [2.75, 3.05) is 7.11 Å². The van der Waals surface area contributed by atoms with Crippen LogP contribution in [0.4, 0.5) is 0 Å². The van der Waals surface area contributed by atoms with E-state index in [2.05, 4.69) is 15.3 Å². The molecule has 150 valence electrons. The summed E-state index contributed by atoms with van der Waals surface area (Å²) in [5.74, 6) is 0.152. The Morgan fingerprint density at radius 2 is 1.90 bits per heavy atom. The van der Waals surface area contributed by atoms with E-state index in [-0.39, 0.29) is 11.7 Å². The minimum Gasteiger partial charge on any atom is -0.505 e. The van der Waals surface area contributed by atoms with E-state index in [0.29, 0.717) is 38.4 Å². The lowest BCUT2D eigenvalue weighted by Crippen LogP contribution is -2.29. The number of nitrogens with one attached hydrogen (secondary N) is 1. The first kappa shape index (κ1) is 19.7. The molecule has 2 heterocycles. The van der Waals surface area contributed by atoms with Gasteiger partial charge in [-0.3, -0.25) is 14.8 Å². The molecule has 0 unspecified atom stereocenters. The molecule has 30 heavy (non-hydrogen) atoms. The topological polar surface area (TPSA) is 84.3 Å². The molecule has 0 spiro atoms. The maximum atomic E-state index is 12.9. The standard InChI is InChI=1S/C23H18ClN3O3/c1-30-19-9-3-2-7-16(19)20(27-23(29)14-6-4-10-25-13-14)17-12-18(24)15-8-5-11-26-21(15)22(17)28/h2-13,20,28H,1H3,(H,27,29)/t20-/m1/s1. The number of aromatic nitrogens is 2. The number of carbonyl (C=O) groups excluding carboxylic acids is 1. The quantitative estimate of drug-likeness (QED) is 0.497. The Balaban J connectivity index is 1.89. The molecule has 1 atom stereocenters. The van der Waals surface area contributed by atoms with Crippen LogP contribution in [0.25, 0.3) is 10.9 Å². The van der Waals surface area contributed by atoms with Crippen molar-refractivity contribution in [3.63, 3.8) is 0 Å². The molecule has 0 radical (unpaired) electrons. The molecule has 0 saturated heterocycles. The number of amides is 1. The molecule has 6 nitrogen and oxygen atoms in total. The third-order valence-electron chi connectivity index (χ3n) is 4.81. The Labute approximate surface area is 178 Å². The summed E-state index contributed by atoms with van der Waals surface area (Å²) in [5, 5.41) is 15.0. The summed E-state index contributed by atoms with van der Waals surface area (Å²) in [6.45, 7) is 0. The van der Waals surface area contributed by atoms with Gasteiger partial charge in [-0.15, -0.1) is 0 Å². The molecule has 0 saturated carbocycles. The van der Waals surface area contributed by atoms with Gasteiger partial charge in [0.25, 0.3) is 5.91 Å². The van der Waals surface area contributed by atoms with E-state index in [1.165, 1.54) is 6.20 Å². The van der Waals surface area contributed by atoms with Crippen LogP contribution < -0.4 is 10.1 Å². The van der Waals surface area contributed by atoms with E-state index in [9.17, 15) is 9.90 Å². The fraction of sp³-hybridized carbons (Fsp3) is 0.0870. The highest BCUT2D eigenvalue weighted by molar-refractivity contribution is 6.35. The number of methoxy groups -OCH3 is 1. The molecular weight excluding hydrogens is 402 g/mol.